The van der Waals surface area contributed by atoms with Crippen molar-refractivity contribution in [3.8, 4) is 5.75 Å². The zero-order chi connectivity index (χ0) is 26.3. The fourth-order valence-corrected chi connectivity index (χ4v) is 6.24. The van der Waals surface area contributed by atoms with E-state index < -0.39 is 0 Å². The Balaban J connectivity index is 1.25. The molecule has 4 heteroatoms. The van der Waals surface area contributed by atoms with E-state index in [0.29, 0.717) is 17.6 Å². The lowest BCUT2D eigenvalue weighted by Gasteiger charge is -2.18. The number of pyridine rings is 1. The molecule has 0 saturated heterocycles. The Bertz CT molecular complexity index is 1290. The molecule has 2 unspecified atom stereocenters. The van der Waals surface area contributed by atoms with Gasteiger partial charge in [0.1, 0.15) is 11.6 Å². The van der Waals surface area contributed by atoms with Gasteiger partial charge in [0.25, 0.3) is 0 Å². The maximum Gasteiger partial charge on any atom is 0.123 e. The second-order valence-electron chi connectivity index (χ2n) is 11.2. The van der Waals surface area contributed by atoms with Crippen molar-refractivity contribution in [1.82, 2.24) is 4.98 Å². The standard InChI is InChI=1S/C34H39FN2O/c1-24-21-29-19-20-36-33(31(29)23-37-32(24)18-15-28-10-4-5-12-34(28)38)22-25-7-2-3-9-26(11-6-8-25)27-13-16-30(35)17-14-27/h4-5,10,12-14,16-17,19-20,23,25-26,38H,2-3,6-9,11,15,18,21-22H2,1H3. The molecule has 2 aromatic carbocycles. The number of hydrogen-bond acceptors (Lipinski definition) is 3. The van der Waals surface area contributed by atoms with E-state index in [1.807, 2.05) is 42.7 Å². The number of nitrogens with zero attached hydrogens (tertiary/aromatic N) is 2. The number of phenols is 1. The van der Waals surface area contributed by atoms with Crippen LogP contribution < -0.4 is 0 Å². The summed E-state index contributed by atoms with van der Waals surface area (Å²) < 4.78 is 13.4. The van der Waals surface area contributed by atoms with Gasteiger partial charge in [-0.3, -0.25) is 9.98 Å². The van der Waals surface area contributed by atoms with Crippen LogP contribution in [0.3, 0.4) is 0 Å². The first kappa shape index (κ1) is 26.3. The molecule has 3 aromatic rings. The Morgan fingerprint density at radius 1 is 0.895 bits per heavy atom. The van der Waals surface area contributed by atoms with E-state index in [1.165, 1.54) is 72.9 Å². The molecular formula is C34H39FN2O. The molecule has 0 amide bonds. The van der Waals surface area contributed by atoms with Gasteiger partial charge in [-0.1, -0.05) is 62.4 Å². The lowest BCUT2D eigenvalue weighted by Crippen LogP contribution is -2.10. The quantitative estimate of drug-likeness (QED) is 0.361. The van der Waals surface area contributed by atoms with Gasteiger partial charge in [0.15, 0.2) is 0 Å². The average Bonchev–Trinajstić information content (AvgIpc) is 2.99. The number of rotatable bonds is 6. The SMILES string of the molecule is CC1=C(CCc2ccccc2O)N=Cc2c(ccnc2CC2CCCCC(c3ccc(F)cc3)CCC2)C1. The Hall–Kier alpha value is -3.27. The zero-order valence-corrected chi connectivity index (χ0v) is 22.5. The number of hydrogen-bond donors (Lipinski definition) is 1. The van der Waals surface area contributed by atoms with Crippen molar-refractivity contribution in [2.75, 3.05) is 0 Å². The molecule has 0 radical (unpaired) electrons. The summed E-state index contributed by atoms with van der Waals surface area (Å²) in [5.41, 5.74) is 8.36. The molecule has 2 heterocycles. The largest absolute Gasteiger partial charge is 0.508 e. The maximum absolute atomic E-state index is 13.4. The first-order valence-electron chi connectivity index (χ1n) is 14.3. The third-order valence-corrected chi connectivity index (χ3v) is 8.49. The van der Waals surface area contributed by atoms with Gasteiger partial charge in [-0.25, -0.2) is 4.39 Å². The lowest BCUT2D eigenvalue weighted by molar-refractivity contribution is 0.420. The Kier molecular flexibility index (Phi) is 8.68. The van der Waals surface area contributed by atoms with Crippen molar-refractivity contribution in [3.05, 3.63) is 106 Å². The molecule has 38 heavy (non-hydrogen) atoms. The number of aliphatic imine (C=N–C) groups is 1. The highest BCUT2D eigenvalue weighted by Crippen LogP contribution is 2.34. The topological polar surface area (TPSA) is 45.5 Å². The highest BCUT2D eigenvalue weighted by Gasteiger charge is 2.21. The van der Waals surface area contributed by atoms with Crippen LogP contribution in [-0.4, -0.2) is 16.3 Å². The number of benzene rings is 2. The summed E-state index contributed by atoms with van der Waals surface area (Å²) in [7, 11) is 0. The molecule has 0 bridgehead atoms. The van der Waals surface area contributed by atoms with Crippen molar-refractivity contribution in [2.24, 2.45) is 10.9 Å². The van der Waals surface area contributed by atoms with Gasteiger partial charge in [0.05, 0.1) is 0 Å². The van der Waals surface area contributed by atoms with Gasteiger partial charge in [-0.05, 0) is 104 Å². The van der Waals surface area contributed by atoms with Crippen LogP contribution in [0.25, 0.3) is 0 Å². The fraction of sp³-hybridized carbons (Fsp3) is 0.412. The number of para-hydroxylation sites is 1. The van der Waals surface area contributed by atoms with E-state index in [0.717, 1.165) is 36.9 Å². The van der Waals surface area contributed by atoms with Crippen LogP contribution in [0.5, 0.6) is 5.75 Å². The summed E-state index contributed by atoms with van der Waals surface area (Å²) >= 11 is 0. The van der Waals surface area contributed by atoms with Gasteiger partial charge in [0, 0.05) is 29.4 Å². The summed E-state index contributed by atoms with van der Waals surface area (Å²) in [6, 6.07) is 16.9. The van der Waals surface area contributed by atoms with Crippen LogP contribution in [-0.2, 0) is 19.3 Å². The Morgan fingerprint density at radius 2 is 1.66 bits per heavy atom. The molecule has 1 aromatic heterocycles. The smallest absolute Gasteiger partial charge is 0.123 e. The maximum atomic E-state index is 13.4. The first-order chi connectivity index (χ1) is 18.6. The predicted molar refractivity (Wildman–Crippen MR) is 153 cm³/mol. The van der Waals surface area contributed by atoms with Gasteiger partial charge in [-0.2, -0.15) is 0 Å². The fourth-order valence-electron chi connectivity index (χ4n) is 6.24. The minimum atomic E-state index is -0.150. The number of allylic oxidation sites excluding steroid dienone is 2. The van der Waals surface area contributed by atoms with Crippen molar-refractivity contribution in [1.29, 1.82) is 0 Å². The average molecular weight is 511 g/mol. The van der Waals surface area contributed by atoms with Crippen LogP contribution >= 0.6 is 0 Å². The third-order valence-electron chi connectivity index (χ3n) is 8.49. The molecule has 3 nitrogen and oxygen atoms in total. The van der Waals surface area contributed by atoms with E-state index in [2.05, 4.69) is 13.0 Å². The molecule has 2 atom stereocenters. The van der Waals surface area contributed by atoms with Gasteiger partial charge in [0.2, 0.25) is 0 Å². The number of aromatic nitrogens is 1. The molecule has 2 aliphatic rings. The number of aryl methyl sites for hydroxylation is 1. The van der Waals surface area contributed by atoms with Crippen LogP contribution in [0, 0.1) is 11.7 Å². The Morgan fingerprint density at radius 3 is 2.50 bits per heavy atom. The monoisotopic (exact) mass is 510 g/mol. The van der Waals surface area contributed by atoms with Crippen molar-refractivity contribution in [3.63, 3.8) is 0 Å². The highest BCUT2D eigenvalue weighted by molar-refractivity contribution is 5.85. The molecule has 0 spiro atoms. The second kappa shape index (κ2) is 12.5. The van der Waals surface area contributed by atoms with Crippen LogP contribution in [0.4, 0.5) is 4.39 Å². The molecule has 1 saturated carbocycles. The number of fused-ring (bicyclic) bond motifs is 1. The first-order valence-corrected chi connectivity index (χ1v) is 14.3. The summed E-state index contributed by atoms with van der Waals surface area (Å²) in [6.45, 7) is 2.18. The third kappa shape index (κ3) is 6.59. The van der Waals surface area contributed by atoms with E-state index in [-0.39, 0.29) is 5.82 Å². The van der Waals surface area contributed by atoms with Crippen LogP contribution in [0.2, 0.25) is 0 Å². The number of phenolic OH excluding ortho intramolecular Hbond substituents is 1. The lowest BCUT2D eigenvalue weighted by atomic mass is 9.88. The van der Waals surface area contributed by atoms with E-state index in [4.69, 9.17) is 9.98 Å². The zero-order valence-electron chi connectivity index (χ0n) is 22.5. The minimum Gasteiger partial charge on any atom is -0.508 e. The van der Waals surface area contributed by atoms with Crippen molar-refractivity contribution >= 4 is 6.21 Å². The predicted octanol–water partition coefficient (Wildman–Crippen LogP) is 8.49. The van der Waals surface area contributed by atoms with Gasteiger partial charge < -0.3 is 5.11 Å². The Labute approximate surface area is 226 Å². The summed E-state index contributed by atoms with van der Waals surface area (Å²) in [4.78, 5) is 9.80. The van der Waals surface area contributed by atoms with E-state index in [1.54, 1.807) is 18.2 Å². The van der Waals surface area contributed by atoms with Crippen molar-refractivity contribution in [2.45, 2.75) is 83.5 Å². The van der Waals surface area contributed by atoms with Crippen LogP contribution in [0.1, 0.15) is 92.2 Å². The van der Waals surface area contributed by atoms with Crippen molar-refractivity contribution < 1.29 is 9.50 Å². The number of halogens is 1. The molecule has 5 rings (SSSR count). The summed E-state index contributed by atoms with van der Waals surface area (Å²) in [5.74, 6) is 1.38. The molecular weight excluding hydrogens is 471 g/mol. The number of aromatic hydroxyl groups is 1. The van der Waals surface area contributed by atoms with E-state index >= 15 is 0 Å². The highest BCUT2D eigenvalue weighted by atomic mass is 19.1. The minimum absolute atomic E-state index is 0.150. The summed E-state index contributed by atoms with van der Waals surface area (Å²) in [5, 5.41) is 10.2. The molecule has 1 N–H and O–H groups in total. The molecule has 1 fully saturated rings. The second-order valence-corrected chi connectivity index (χ2v) is 11.2. The molecule has 198 valence electrons. The van der Waals surface area contributed by atoms with E-state index in [9.17, 15) is 9.50 Å². The normalized spacial score (nSPS) is 20.3. The molecule has 1 aliphatic heterocycles. The summed E-state index contributed by atoms with van der Waals surface area (Å²) in [6.07, 6.45) is 16.0. The van der Waals surface area contributed by atoms with Gasteiger partial charge in [-0.15, -0.1) is 0 Å². The molecule has 1 aliphatic carbocycles. The van der Waals surface area contributed by atoms with Gasteiger partial charge >= 0.3 is 0 Å². The van der Waals surface area contributed by atoms with Crippen LogP contribution in [0.15, 0.2) is 77.1 Å².